The lowest BCUT2D eigenvalue weighted by molar-refractivity contribution is -0.141. The molecule has 0 spiro atoms. The number of ether oxygens (including phenoxy) is 4. The molecule has 10 nitrogen and oxygen atoms in total. The van der Waals surface area contributed by atoms with Gasteiger partial charge >= 0.3 is 12.4 Å². The van der Waals surface area contributed by atoms with E-state index >= 15 is 0 Å². The summed E-state index contributed by atoms with van der Waals surface area (Å²) in [5.74, 6) is 1.11. The normalized spacial score (nSPS) is 10.9. The zero-order chi connectivity index (χ0) is 42.9. The van der Waals surface area contributed by atoms with Crippen molar-refractivity contribution in [2.24, 2.45) is 0 Å². The third-order valence-corrected chi connectivity index (χ3v) is 8.40. The zero-order valence-electron chi connectivity index (χ0n) is 31.7. The number of halogens is 9. The largest absolute Gasteiger partial charge is 0.493 e. The van der Waals surface area contributed by atoms with Gasteiger partial charge in [0, 0.05) is 6.54 Å². The molecule has 0 atom stereocenters. The molecule has 0 saturated carbocycles. The molecule has 0 aliphatic rings. The number of hydrogen-bond donors (Lipinski definition) is 1. The molecule has 4 aromatic rings. The number of carbonyl (C=O) groups excluding carboxylic acids is 2. The molecule has 0 unspecified atom stereocenters. The lowest BCUT2D eigenvalue weighted by Crippen LogP contribution is -2.32. The predicted molar refractivity (Wildman–Crippen MR) is 207 cm³/mol. The topological polar surface area (TPSA) is 112 Å². The molecule has 19 heteroatoms. The van der Waals surface area contributed by atoms with Gasteiger partial charge in [-0.1, -0.05) is 26.0 Å². The number of methoxy groups -OCH3 is 4. The van der Waals surface area contributed by atoms with Gasteiger partial charge in [0.1, 0.15) is 28.9 Å². The Morgan fingerprint density at radius 3 is 1.54 bits per heavy atom. The van der Waals surface area contributed by atoms with E-state index < -0.39 is 40.8 Å². The highest BCUT2D eigenvalue weighted by Gasteiger charge is 2.34. The average Bonchev–Trinajstić information content (AvgIpc) is 3.20. The van der Waals surface area contributed by atoms with Gasteiger partial charge in [0.25, 0.3) is 0 Å². The Kier molecular flexibility index (Phi) is 19.5. The van der Waals surface area contributed by atoms with Gasteiger partial charge in [0.2, 0.25) is 11.1 Å². The Hall–Kier alpha value is -4.67. The van der Waals surface area contributed by atoms with E-state index in [4.69, 9.17) is 53.8 Å². The fourth-order valence-corrected chi connectivity index (χ4v) is 4.94. The quantitative estimate of drug-likeness (QED) is 0.0753. The maximum atomic E-state index is 13.2. The highest BCUT2D eigenvalue weighted by atomic mass is 35.5. The second kappa shape index (κ2) is 22.9. The fraction of sp³-hybridized carbons (Fsp3) is 0.368. The van der Waals surface area contributed by atoms with Crippen LogP contribution >= 0.6 is 34.8 Å². The first-order valence-electron chi connectivity index (χ1n) is 16.8. The first-order chi connectivity index (χ1) is 26.9. The number of aryl methyl sites for hydroxylation is 2. The molecular weight excluding hydrogens is 829 g/mol. The summed E-state index contributed by atoms with van der Waals surface area (Å²) >= 11 is 15.2. The van der Waals surface area contributed by atoms with E-state index in [1.165, 1.54) is 34.5 Å². The Labute approximate surface area is 341 Å². The van der Waals surface area contributed by atoms with Crippen molar-refractivity contribution in [3.05, 3.63) is 94.3 Å². The van der Waals surface area contributed by atoms with E-state index in [1.807, 2.05) is 6.07 Å². The minimum absolute atomic E-state index is 0.0244. The molecule has 2 aromatic carbocycles. The van der Waals surface area contributed by atoms with E-state index in [0.717, 1.165) is 22.6 Å². The minimum Gasteiger partial charge on any atom is -0.493 e. The van der Waals surface area contributed by atoms with Crippen LogP contribution in [0.3, 0.4) is 0 Å². The third-order valence-electron chi connectivity index (χ3n) is 7.66. The number of carbonyl (C=O) groups is 2. The van der Waals surface area contributed by atoms with Crippen molar-refractivity contribution >= 4 is 57.6 Å². The molecular formula is C38H41Cl3F6N4O6. The second-order valence-electron chi connectivity index (χ2n) is 11.5. The van der Waals surface area contributed by atoms with Crippen LogP contribution in [-0.4, -0.2) is 61.3 Å². The summed E-state index contributed by atoms with van der Waals surface area (Å²) in [5.41, 5.74) is 0.501. The number of rotatable bonds is 14. The van der Waals surface area contributed by atoms with E-state index in [9.17, 15) is 35.9 Å². The number of amides is 1. The SMILES string of the molecule is CCc1cc(N(Cc2ccc(OC)c(OC)c2)C(=O)CCl)nc(C(F)(F)F)c1.CCc1cc(NCc2ccc(OC)c(OC)c2)nc(C(F)(F)F)c1.O=C(Cl)CCl. The first kappa shape index (κ1) is 48.5. The third kappa shape index (κ3) is 15.3. The molecule has 2 aromatic heterocycles. The summed E-state index contributed by atoms with van der Waals surface area (Å²) in [6.45, 7) is 3.82. The van der Waals surface area contributed by atoms with E-state index in [2.05, 4.69) is 15.3 Å². The molecule has 0 saturated heterocycles. The standard InChI is InChI=1S/C19H20ClF3N2O3.C17H19F3N2O2.C2H2Cl2O/c1-4-12-8-16(19(21,22)23)24-17(9-12)25(18(26)10-20)11-13-5-6-14(27-2)15(7-13)28-3;1-4-11-8-15(17(18,19)20)22-16(9-11)21-10-12-5-6-13(23-2)14(7-12)24-3;3-1-2(4)5/h5-9H,4,10-11H2,1-3H3;5-9H,4,10H2,1-3H3,(H,21,22);1H2. The molecule has 0 aliphatic carbocycles. The van der Waals surface area contributed by atoms with Gasteiger partial charge in [-0.25, -0.2) is 9.97 Å². The summed E-state index contributed by atoms with van der Waals surface area (Å²) < 4.78 is 99.1. The summed E-state index contributed by atoms with van der Waals surface area (Å²) in [6.07, 6.45) is -8.24. The van der Waals surface area contributed by atoms with Crippen LogP contribution in [0, 0.1) is 0 Å². The number of anilines is 2. The van der Waals surface area contributed by atoms with Crippen LogP contribution in [0.15, 0.2) is 60.7 Å². The number of aromatic nitrogens is 2. The molecule has 0 radical (unpaired) electrons. The first-order valence-corrected chi connectivity index (χ1v) is 18.2. The number of nitrogens with one attached hydrogen (secondary N) is 1. The number of hydrogen-bond acceptors (Lipinski definition) is 9. The molecule has 1 N–H and O–H groups in total. The van der Waals surface area contributed by atoms with Gasteiger partial charge in [0.15, 0.2) is 23.0 Å². The van der Waals surface area contributed by atoms with E-state index in [0.29, 0.717) is 59.1 Å². The summed E-state index contributed by atoms with van der Waals surface area (Å²) in [5, 5.41) is 2.42. The molecule has 2 heterocycles. The number of nitrogens with zero attached hydrogens (tertiary/aromatic N) is 3. The summed E-state index contributed by atoms with van der Waals surface area (Å²) in [4.78, 5) is 30.3. The average molecular weight is 870 g/mol. The van der Waals surface area contributed by atoms with Gasteiger partial charge in [-0.05, 0) is 95.2 Å². The van der Waals surface area contributed by atoms with Crippen LogP contribution in [0.5, 0.6) is 23.0 Å². The molecule has 312 valence electrons. The molecule has 57 heavy (non-hydrogen) atoms. The minimum atomic E-state index is -4.63. The monoisotopic (exact) mass is 868 g/mol. The van der Waals surface area contributed by atoms with Crippen molar-refractivity contribution in [3.8, 4) is 23.0 Å². The van der Waals surface area contributed by atoms with Crippen LogP contribution in [0.4, 0.5) is 38.0 Å². The van der Waals surface area contributed by atoms with Crippen molar-refractivity contribution in [3.63, 3.8) is 0 Å². The van der Waals surface area contributed by atoms with Crippen molar-refractivity contribution in [2.75, 3.05) is 50.4 Å². The van der Waals surface area contributed by atoms with Gasteiger partial charge in [-0.3, -0.25) is 14.5 Å². The van der Waals surface area contributed by atoms with E-state index in [1.54, 1.807) is 50.2 Å². The van der Waals surface area contributed by atoms with Gasteiger partial charge in [0.05, 0.1) is 40.9 Å². The Balaban J connectivity index is 0.000000355. The van der Waals surface area contributed by atoms with Crippen LogP contribution in [0.2, 0.25) is 0 Å². The molecule has 0 aliphatic heterocycles. The Morgan fingerprint density at radius 2 is 1.11 bits per heavy atom. The molecule has 1 amide bonds. The van der Waals surface area contributed by atoms with Gasteiger partial charge in [-0.2, -0.15) is 26.3 Å². The van der Waals surface area contributed by atoms with Crippen molar-refractivity contribution in [1.82, 2.24) is 9.97 Å². The summed E-state index contributed by atoms with van der Waals surface area (Å²) in [6, 6.07) is 15.4. The van der Waals surface area contributed by atoms with Crippen molar-refractivity contribution < 1.29 is 54.9 Å². The van der Waals surface area contributed by atoms with Crippen LogP contribution in [0.25, 0.3) is 0 Å². The highest BCUT2D eigenvalue weighted by molar-refractivity contribution is 6.67. The second-order valence-corrected chi connectivity index (χ2v) is 12.5. The van der Waals surface area contributed by atoms with Crippen molar-refractivity contribution in [2.45, 2.75) is 52.1 Å². The smallest absolute Gasteiger partial charge is 0.433 e. The van der Waals surface area contributed by atoms with Crippen LogP contribution in [-0.2, 0) is 47.9 Å². The molecule has 0 fully saturated rings. The van der Waals surface area contributed by atoms with Crippen molar-refractivity contribution in [1.29, 1.82) is 0 Å². The number of pyridine rings is 2. The Bertz CT molecular complexity index is 1940. The highest BCUT2D eigenvalue weighted by Crippen LogP contribution is 2.33. The summed E-state index contributed by atoms with van der Waals surface area (Å²) in [7, 11) is 6.01. The van der Waals surface area contributed by atoms with Gasteiger partial charge < -0.3 is 24.3 Å². The predicted octanol–water partition coefficient (Wildman–Crippen LogP) is 9.73. The Morgan fingerprint density at radius 1 is 0.649 bits per heavy atom. The van der Waals surface area contributed by atoms with E-state index in [-0.39, 0.29) is 24.1 Å². The van der Waals surface area contributed by atoms with Crippen LogP contribution < -0.4 is 29.2 Å². The zero-order valence-corrected chi connectivity index (χ0v) is 34.0. The number of alkyl halides is 8. The maximum absolute atomic E-state index is 13.2. The lowest BCUT2D eigenvalue weighted by atomic mass is 10.1. The molecule has 0 bridgehead atoms. The molecule has 4 rings (SSSR count). The fourth-order valence-electron chi connectivity index (χ4n) is 4.80. The maximum Gasteiger partial charge on any atom is 0.433 e. The van der Waals surface area contributed by atoms with Crippen LogP contribution in [0.1, 0.15) is 47.5 Å². The lowest BCUT2D eigenvalue weighted by Gasteiger charge is -2.23. The number of benzene rings is 2. The van der Waals surface area contributed by atoms with Gasteiger partial charge in [-0.15, -0.1) is 23.2 Å².